The molecule has 1 heterocycles. The van der Waals surface area contributed by atoms with Gasteiger partial charge in [0, 0.05) is 22.4 Å². The normalized spacial score (nSPS) is 14.2. The predicted molar refractivity (Wildman–Crippen MR) is 142 cm³/mol. The van der Waals surface area contributed by atoms with E-state index in [4.69, 9.17) is 10.1 Å². The fourth-order valence-corrected chi connectivity index (χ4v) is 3.61. The average molecular weight is 488 g/mol. The van der Waals surface area contributed by atoms with Gasteiger partial charge in [-0.3, -0.25) is 15.5 Å². The average Bonchev–Trinajstić information content (AvgIpc) is 3.04. The third-order valence-electron chi connectivity index (χ3n) is 5.66. The highest BCUT2D eigenvalue weighted by Gasteiger charge is 2.39. The Morgan fingerprint density at radius 1 is 1.14 bits per heavy atom. The molecule has 0 bridgehead atoms. The van der Waals surface area contributed by atoms with Gasteiger partial charge in [0.1, 0.15) is 11.4 Å². The van der Waals surface area contributed by atoms with Crippen molar-refractivity contribution in [3.63, 3.8) is 0 Å². The van der Waals surface area contributed by atoms with Gasteiger partial charge in [-0.2, -0.15) is 5.10 Å². The lowest BCUT2D eigenvalue weighted by molar-refractivity contribution is -0.125. The predicted octanol–water partition coefficient (Wildman–Crippen LogP) is 4.48. The number of carbonyl (C=O) groups is 2. The van der Waals surface area contributed by atoms with Crippen molar-refractivity contribution in [1.29, 1.82) is 5.41 Å². The Hall–Kier alpha value is -4.12. The molecule has 188 valence electrons. The van der Waals surface area contributed by atoms with Gasteiger partial charge < -0.3 is 10.1 Å². The molecule has 2 aromatic carbocycles. The Morgan fingerprint density at radius 2 is 1.81 bits per heavy atom. The molecule has 1 aliphatic rings. The largest absolute Gasteiger partial charge is 0.444 e. The third-order valence-corrected chi connectivity index (χ3v) is 5.66. The number of ether oxygens (including phenoxy) is 1. The smallest absolute Gasteiger partial charge is 0.413 e. The Morgan fingerprint density at radius 3 is 2.39 bits per heavy atom. The maximum Gasteiger partial charge on any atom is 0.413 e. The first-order chi connectivity index (χ1) is 16.8. The summed E-state index contributed by atoms with van der Waals surface area (Å²) in [5, 5.41) is 18.0. The molecule has 0 unspecified atom stereocenters. The van der Waals surface area contributed by atoms with Crippen molar-refractivity contribution in [1.82, 2.24) is 10.7 Å². The first kappa shape index (κ1) is 26.5. The number of nitrogens with zero attached hydrogens (tertiary/aromatic N) is 1. The van der Waals surface area contributed by atoms with E-state index in [2.05, 4.69) is 33.0 Å². The quantitative estimate of drug-likeness (QED) is 0.289. The highest BCUT2D eigenvalue weighted by molar-refractivity contribution is 6.19. The van der Waals surface area contributed by atoms with E-state index in [-0.39, 0.29) is 11.7 Å². The van der Waals surface area contributed by atoms with Crippen LogP contribution in [0.2, 0.25) is 0 Å². The first-order valence-corrected chi connectivity index (χ1v) is 11.7. The summed E-state index contributed by atoms with van der Waals surface area (Å²) >= 11 is 0. The van der Waals surface area contributed by atoms with Crippen LogP contribution in [-0.2, 0) is 9.53 Å². The van der Waals surface area contributed by atoms with Crippen molar-refractivity contribution in [2.24, 2.45) is 10.5 Å². The van der Waals surface area contributed by atoms with Gasteiger partial charge in [0.05, 0.1) is 17.7 Å². The molecule has 0 fully saturated rings. The van der Waals surface area contributed by atoms with E-state index in [9.17, 15) is 9.59 Å². The molecule has 0 spiro atoms. The minimum atomic E-state index is -0.672. The first-order valence-electron chi connectivity index (χ1n) is 11.7. The maximum atomic E-state index is 12.1. The highest BCUT2D eigenvalue weighted by Crippen LogP contribution is 2.29. The molecule has 0 atom stereocenters. The van der Waals surface area contributed by atoms with Crippen molar-refractivity contribution in [3.8, 4) is 11.8 Å². The number of amides is 2. The lowest BCUT2D eigenvalue weighted by Gasteiger charge is -2.19. The second kappa shape index (κ2) is 10.2. The van der Waals surface area contributed by atoms with Crippen molar-refractivity contribution >= 4 is 29.2 Å². The third kappa shape index (κ3) is 6.30. The van der Waals surface area contributed by atoms with Crippen LogP contribution in [0, 0.1) is 36.5 Å². The molecule has 0 saturated heterocycles. The number of hydrogen-bond acceptors (Lipinski definition) is 6. The number of hydrogen-bond donors (Lipinski definition) is 4. The number of carbonyl (C=O) groups excluding carboxylic acids is 2. The van der Waals surface area contributed by atoms with Crippen molar-refractivity contribution in [2.75, 3.05) is 11.9 Å². The number of hydrazone groups is 1. The minimum Gasteiger partial charge on any atom is -0.444 e. The molecule has 8 heteroatoms. The lowest BCUT2D eigenvalue weighted by Crippen LogP contribution is -2.36. The number of amidine groups is 1. The number of aryl methyl sites for hydroxylation is 2. The fourth-order valence-electron chi connectivity index (χ4n) is 3.61. The minimum absolute atomic E-state index is 0.0306. The molecule has 1 aliphatic heterocycles. The fraction of sp³-hybridized carbons (Fsp3) is 0.357. The number of nitrogens with one attached hydrogen (secondary N) is 4. The van der Waals surface area contributed by atoms with Gasteiger partial charge in [0.15, 0.2) is 0 Å². The zero-order chi connectivity index (χ0) is 26.7. The van der Waals surface area contributed by atoms with E-state index in [0.29, 0.717) is 12.1 Å². The molecule has 3 rings (SSSR count). The zero-order valence-electron chi connectivity index (χ0n) is 21.8. The molecule has 2 amide bonds. The molecule has 0 aliphatic carbocycles. The van der Waals surface area contributed by atoms with Crippen LogP contribution in [0.3, 0.4) is 0 Å². The summed E-state index contributed by atoms with van der Waals surface area (Å²) in [4.78, 5) is 23.9. The van der Waals surface area contributed by atoms with Crippen LogP contribution in [0.25, 0.3) is 0 Å². The molecule has 2 aromatic rings. The van der Waals surface area contributed by atoms with Crippen LogP contribution >= 0.6 is 0 Å². The summed E-state index contributed by atoms with van der Waals surface area (Å²) < 4.78 is 5.18. The zero-order valence-corrected chi connectivity index (χ0v) is 21.8. The van der Waals surface area contributed by atoms with E-state index >= 15 is 0 Å². The van der Waals surface area contributed by atoms with Gasteiger partial charge in [-0.05, 0) is 96.0 Å². The number of benzene rings is 2. The van der Waals surface area contributed by atoms with E-state index in [1.807, 2.05) is 52.0 Å². The van der Waals surface area contributed by atoms with Crippen molar-refractivity contribution in [3.05, 3.63) is 64.2 Å². The van der Waals surface area contributed by atoms with Crippen LogP contribution in [0.15, 0.2) is 41.5 Å². The molecule has 4 N–H and O–H groups in total. The van der Waals surface area contributed by atoms with Gasteiger partial charge in [-0.25, -0.2) is 10.2 Å². The van der Waals surface area contributed by atoms with Gasteiger partial charge in [-0.1, -0.05) is 11.8 Å². The van der Waals surface area contributed by atoms with Crippen LogP contribution < -0.4 is 16.1 Å². The Labute approximate surface area is 212 Å². The number of rotatable bonds is 4. The lowest BCUT2D eigenvalue weighted by atomic mass is 9.81. The summed E-state index contributed by atoms with van der Waals surface area (Å²) in [6, 6.07) is 11.2. The number of anilines is 1. The molecular weight excluding hydrogens is 454 g/mol. The van der Waals surface area contributed by atoms with Crippen molar-refractivity contribution < 1.29 is 14.3 Å². The molecule has 36 heavy (non-hydrogen) atoms. The van der Waals surface area contributed by atoms with Gasteiger partial charge in [0.25, 0.3) is 5.91 Å². The molecule has 0 radical (unpaired) electrons. The van der Waals surface area contributed by atoms with Crippen LogP contribution in [0.4, 0.5) is 10.5 Å². The highest BCUT2D eigenvalue weighted by atomic mass is 16.6. The van der Waals surface area contributed by atoms with E-state index in [0.717, 1.165) is 33.7 Å². The van der Waals surface area contributed by atoms with Gasteiger partial charge in [0.2, 0.25) is 0 Å². The summed E-state index contributed by atoms with van der Waals surface area (Å²) in [5.74, 6) is 6.22. The van der Waals surface area contributed by atoms with Crippen LogP contribution in [-0.4, -0.2) is 35.7 Å². The van der Waals surface area contributed by atoms with Crippen LogP contribution in [0.5, 0.6) is 0 Å². The van der Waals surface area contributed by atoms with E-state index in [1.54, 1.807) is 32.9 Å². The SMILES string of the molecule is Cc1cc(C2=NNC(=O)C2(C)C)c(C)cc1C#CCNc1ccc(C(=N)NC(=O)OC(C)(C)C)cc1. The molecule has 8 nitrogen and oxygen atoms in total. The second-order valence-electron chi connectivity index (χ2n) is 10.2. The Kier molecular flexibility index (Phi) is 7.54. The topological polar surface area (TPSA) is 116 Å². The van der Waals surface area contributed by atoms with Gasteiger partial charge >= 0.3 is 6.09 Å². The standard InChI is InChI=1S/C28H33N5O3/c1-17-16-22(23-28(6,7)25(34)33-32-23)18(2)15-20(17)9-8-14-30-21-12-10-19(11-13-21)24(29)31-26(35)36-27(3,4)5/h10-13,15-16,30H,14H2,1-7H3,(H,33,34)(H2,29,31,35). The second-order valence-corrected chi connectivity index (χ2v) is 10.2. The van der Waals surface area contributed by atoms with Crippen molar-refractivity contribution in [2.45, 2.75) is 54.1 Å². The number of alkyl carbamates (subject to hydrolysis) is 1. The monoisotopic (exact) mass is 487 g/mol. The summed E-state index contributed by atoms with van der Waals surface area (Å²) in [7, 11) is 0. The Bertz CT molecular complexity index is 1290. The summed E-state index contributed by atoms with van der Waals surface area (Å²) in [6.45, 7) is 13.5. The Balaban J connectivity index is 1.60. The van der Waals surface area contributed by atoms with Gasteiger partial charge in [-0.15, -0.1) is 0 Å². The van der Waals surface area contributed by atoms with E-state index in [1.165, 1.54) is 0 Å². The van der Waals surface area contributed by atoms with E-state index < -0.39 is 17.1 Å². The molecule has 0 aromatic heterocycles. The summed E-state index contributed by atoms with van der Waals surface area (Å²) in [5.41, 5.74) is 7.34. The molecule has 0 saturated carbocycles. The van der Waals surface area contributed by atoms with Crippen LogP contribution in [0.1, 0.15) is 62.4 Å². The maximum absolute atomic E-state index is 12.1. The summed E-state index contributed by atoms with van der Waals surface area (Å²) in [6.07, 6.45) is -0.659. The molecular formula is C28H33N5O3.